The van der Waals surface area contributed by atoms with Crippen molar-refractivity contribution >= 4 is 29.7 Å². The van der Waals surface area contributed by atoms with E-state index in [1.165, 1.54) is 6.07 Å². The molecule has 1 unspecified atom stereocenters. The minimum Gasteiger partial charge on any atom is -0.496 e. The van der Waals surface area contributed by atoms with Gasteiger partial charge < -0.3 is 10.1 Å². The molecule has 1 fully saturated rings. The maximum absolute atomic E-state index is 11.0. The highest BCUT2D eigenvalue weighted by atomic mass is 35.5. The lowest BCUT2D eigenvalue weighted by Gasteiger charge is -2.37. The van der Waals surface area contributed by atoms with Crippen LogP contribution >= 0.6 is 24.0 Å². The summed E-state index contributed by atoms with van der Waals surface area (Å²) in [5.41, 5.74) is 1.92. The molecule has 8 heteroatoms. The number of nitrogens with one attached hydrogen (secondary N) is 1. The van der Waals surface area contributed by atoms with Gasteiger partial charge >= 0.3 is 0 Å². The number of methoxy groups -OCH3 is 1. The molecule has 0 aliphatic carbocycles. The number of benzene rings is 2. The third-order valence-electron chi connectivity index (χ3n) is 4.47. The van der Waals surface area contributed by atoms with E-state index in [4.69, 9.17) is 16.3 Å². The van der Waals surface area contributed by atoms with Crippen molar-refractivity contribution in [3.05, 3.63) is 68.7 Å². The molecule has 1 aliphatic heterocycles. The van der Waals surface area contributed by atoms with Crippen molar-refractivity contribution in [3.8, 4) is 5.75 Å². The number of para-hydroxylation sites is 1. The molecule has 2 aromatic rings. The van der Waals surface area contributed by atoms with E-state index in [9.17, 15) is 10.1 Å². The Kier molecular flexibility index (Phi) is 7.23. The third kappa shape index (κ3) is 4.45. The van der Waals surface area contributed by atoms with Crippen LogP contribution in [0, 0.1) is 10.1 Å². The number of hydrogen-bond donors (Lipinski definition) is 1. The van der Waals surface area contributed by atoms with Gasteiger partial charge in [0.25, 0.3) is 5.69 Å². The summed E-state index contributed by atoms with van der Waals surface area (Å²) in [6, 6.07) is 12.6. The summed E-state index contributed by atoms with van der Waals surface area (Å²) in [5, 5.41) is 15.0. The number of nitro benzene ring substituents is 1. The highest BCUT2D eigenvalue weighted by Gasteiger charge is 2.27. The van der Waals surface area contributed by atoms with Gasteiger partial charge in [-0.2, -0.15) is 0 Å². The molecule has 1 aliphatic rings. The molecule has 3 rings (SSSR count). The van der Waals surface area contributed by atoms with Crippen molar-refractivity contribution in [2.75, 3.05) is 26.7 Å². The van der Waals surface area contributed by atoms with Crippen LogP contribution in [0.25, 0.3) is 0 Å². The van der Waals surface area contributed by atoms with Gasteiger partial charge in [-0.3, -0.25) is 15.0 Å². The highest BCUT2D eigenvalue weighted by molar-refractivity contribution is 6.31. The number of non-ortho nitro benzene ring substituents is 1. The highest BCUT2D eigenvalue weighted by Crippen LogP contribution is 2.32. The summed E-state index contributed by atoms with van der Waals surface area (Å²) in [4.78, 5) is 12.9. The van der Waals surface area contributed by atoms with Crippen LogP contribution in [0.2, 0.25) is 5.02 Å². The van der Waals surface area contributed by atoms with Gasteiger partial charge in [-0.1, -0.05) is 29.8 Å². The first-order chi connectivity index (χ1) is 12.1. The molecule has 0 amide bonds. The Labute approximate surface area is 163 Å². The van der Waals surface area contributed by atoms with Crippen LogP contribution in [0.5, 0.6) is 5.75 Å². The van der Waals surface area contributed by atoms with E-state index >= 15 is 0 Å². The van der Waals surface area contributed by atoms with E-state index in [2.05, 4.69) is 16.3 Å². The fraction of sp³-hybridized carbons (Fsp3) is 0.333. The van der Waals surface area contributed by atoms with Crippen molar-refractivity contribution in [3.63, 3.8) is 0 Å². The first kappa shape index (κ1) is 20.5. The van der Waals surface area contributed by atoms with Crippen LogP contribution in [0.4, 0.5) is 5.69 Å². The molecule has 0 bridgehead atoms. The van der Waals surface area contributed by atoms with E-state index in [1.54, 1.807) is 19.2 Å². The molecule has 26 heavy (non-hydrogen) atoms. The Morgan fingerprint density at radius 1 is 1.35 bits per heavy atom. The second-order valence-electron chi connectivity index (χ2n) is 5.97. The number of nitrogens with zero attached hydrogens (tertiary/aromatic N) is 2. The van der Waals surface area contributed by atoms with Gasteiger partial charge in [-0.25, -0.2) is 0 Å². The molecular weight excluding hydrogens is 377 g/mol. The zero-order chi connectivity index (χ0) is 17.8. The maximum atomic E-state index is 11.0. The fourth-order valence-electron chi connectivity index (χ4n) is 3.20. The van der Waals surface area contributed by atoms with Gasteiger partial charge in [0.2, 0.25) is 0 Å². The average molecular weight is 398 g/mol. The molecule has 1 N–H and O–H groups in total. The maximum Gasteiger partial charge on any atom is 0.269 e. The average Bonchev–Trinajstić information content (AvgIpc) is 2.63. The zero-order valence-corrected chi connectivity index (χ0v) is 15.9. The molecule has 6 nitrogen and oxygen atoms in total. The topological polar surface area (TPSA) is 67.6 Å². The van der Waals surface area contributed by atoms with Crippen LogP contribution in [-0.2, 0) is 6.54 Å². The number of nitro groups is 1. The van der Waals surface area contributed by atoms with E-state index in [0.717, 1.165) is 36.5 Å². The number of piperazine rings is 1. The molecule has 0 saturated carbocycles. The lowest BCUT2D eigenvalue weighted by Crippen LogP contribution is -2.45. The quantitative estimate of drug-likeness (QED) is 0.613. The van der Waals surface area contributed by atoms with Crippen LogP contribution in [0.1, 0.15) is 17.2 Å². The Hall–Kier alpha value is -1.86. The molecule has 1 atom stereocenters. The van der Waals surface area contributed by atoms with Gasteiger partial charge in [0.15, 0.2) is 0 Å². The first-order valence-electron chi connectivity index (χ1n) is 8.10. The number of hydrogen-bond acceptors (Lipinski definition) is 5. The first-order valence-corrected chi connectivity index (χ1v) is 8.48. The standard InChI is InChI=1S/C18H20ClN3O3.ClH/c1-25-18-5-3-2-4-15(18)17-11-20-8-9-21(17)12-13-10-14(22(23)24)6-7-16(13)19;/h2-7,10,17,20H,8-9,11-12H2,1H3;1H. The molecular formula is C18H21Cl2N3O3. The number of halogens is 2. The Morgan fingerprint density at radius 2 is 2.12 bits per heavy atom. The van der Waals surface area contributed by atoms with Gasteiger partial charge in [-0.05, 0) is 17.7 Å². The number of rotatable bonds is 5. The Bertz CT molecular complexity index is 773. The lowest BCUT2D eigenvalue weighted by atomic mass is 10.0. The van der Waals surface area contributed by atoms with Crippen LogP contribution < -0.4 is 10.1 Å². The summed E-state index contributed by atoms with van der Waals surface area (Å²) in [7, 11) is 1.66. The predicted molar refractivity (Wildman–Crippen MR) is 104 cm³/mol. The SMILES string of the molecule is COc1ccccc1C1CNCCN1Cc1cc([N+](=O)[O-])ccc1Cl.Cl. The lowest BCUT2D eigenvalue weighted by molar-refractivity contribution is -0.384. The second-order valence-corrected chi connectivity index (χ2v) is 6.37. The molecule has 1 heterocycles. The third-order valence-corrected chi connectivity index (χ3v) is 4.83. The van der Waals surface area contributed by atoms with Gasteiger partial charge in [0, 0.05) is 48.9 Å². The zero-order valence-electron chi connectivity index (χ0n) is 14.4. The molecule has 0 spiro atoms. The summed E-state index contributed by atoms with van der Waals surface area (Å²) in [5.74, 6) is 0.839. The van der Waals surface area contributed by atoms with E-state index in [1.807, 2.05) is 18.2 Å². The summed E-state index contributed by atoms with van der Waals surface area (Å²) in [6.45, 7) is 3.01. The Morgan fingerprint density at radius 3 is 2.85 bits per heavy atom. The molecule has 0 radical (unpaired) electrons. The normalized spacial score (nSPS) is 17.4. The van der Waals surface area contributed by atoms with Crippen LogP contribution in [0.3, 0.4) is 0 Å². The predicted octanol–water partition coefficient (Wildman–Crippen LogP) is 3.83. The van der Waals surface area contributed by atoms with Crippen LogP contribution in [-0.4, -0.2) is 36.6 Å². The smallest absolute Gasteiger partial charge is 0.269 e. The van der Waals surface area contributed by atoms with Crippen molar-refractivity contribution in [2.45, 2.75) is 12.6 Å². The largest absolute Gasteiger partial charge is 0.496 e. The fourth-order valence-corrected chi connectivity index (χ4v) is 3.38. The van der Waals surface area contributed by atoms with E-state index in [-0.39, 0.29) is 24.1 Å². The molecule has 0 aromatic heterocycles. The van der Waals surface area contributed by atoms with Gasteiger partial charge in [-0.15, -0.1) is 12.4 Å². The van der Waals surface area contributed by atoms with Crippen LogP contribution in [0.15, 0.2) is 42.5 Å². The molecule has 1 saturated heterocycles. The van der Waals surface area contributed by atoms with Crippen molar-refractivity contribution in [1.82, 2.24) is 10.2 Å². The van der Waals surface area contributed by atoms with E-state index < -0.39 is 4.92 Å². The van der Waals surface area contributed by atoms with Crippen molar-refractivity contribution in [1.29, 1.82) is 0 Å². The van der Waals surface area contributed by atoms with Gasteiger partial charge in [0.1, 0.15) is 5.75 Å². The summed E-state index contributed by atoms with van der Waals surface area (Å²) >= 11 is 6.28. The number of ether oxygens (including phenoxy) is 1. The summed E-state index contributed by atoms with van der Waals surface area (Å²) in [6.07, 6.45) is 0. The minimum absolute atomic E-state index is 0. The van der Waals surface area contributed by atoms with Crippen molar-refractivity contribution < 1.29 is 9.66 Å². The van der Waals surface area contributed by atoms with Crippen molar-refractivity contribution in [2.24, 2.45) is 0 Å². The monoisotopic (exact) mass is 397 g/mol. The molecule has 140 valence electrons. The Balaban J connectivity index is 0.00000243. The second kappa shape index (κ2) is 9.19. The van der Waals surface area contributed by atoms with E-state index in [0.29, 0.717) is 11.6 Å². The van der Waals surface area contributed by atoms with Gasteiger partial charge in [0.05, 0.1) is 18.1 Å². The minimum atomic E-state index is -0.394. The summed E-state index contributed by atoms with van der Waals surface area (Å²) < 4.78 is 5.50. The molecule has 2 aromatic carbocycles.